The van der Waals surface area contributed by atoms with Crippen LogP contribution >= 0.6 is 15.3 Å². The fraction of sp³-hybridized carbons (Fsp3) is 0.706. The normalized spacial score (nSPS) is 36.2. The molecule has 0 bridgehead atoms. The molecule has 2 aromatic rings. The van der Waals surface area contributed by atoms with Crippen molar-refractivity contribution in [2.24, 2.45) is 11.8 Å². The van der Waals surface area contributed by atoms with Gasteiger partial charge in [-0.15, -0.1) is 0 Å². The summed E-state index contributed by atoms with van der Waals surface area (Å²) in [4.78, 5) is 21.8. The molecule has 1 saturated heterocycles. The van der Waals surface area contributed by atoms with Gasteiger partial charge in [0.25, 0.3) is 7.47 Å². The Hall–Kier alpha value is -1.49. The first-order chi connectivity index (χ1) is 16.8. The van der Waals surface area contributed by atoms with Gasteiger partial charge in [-0.2, -0.15) is 0 Å². The predicted molar refractivity (Wildman–Crippen MR) is 121 cm³/mol. The first kappa shape index (κ1) is 27.5. The second kappa shape index (κ2) is 10.3. The minimum absolute atomic E-state index is 0.0941. The lowest BCUT2D eigenvalue weighted by Gasteiger charge is -2.22. The van der Waals surface area contributed by atoms with Crippen molar-refractivity contribution in [2.75, 3.05) is 18.9 Å². The average molecular weight is 549 g/mol. The number of hydrogen-bond acceptors (Lipinski definition) is 14. The van der Waals surface area contributed by atoms with Gasteiger partial charge in [0, 0.05) is 5.92 Å². The molecule has 0 amide bonds. The Morgan fingerprint density at radius 2 is 1.83 bits per heavy atom. The van der Waals surface area contributed by atoms with Crippen LogP contribution < -0.4 is 5.73 Å². The fourth-order valence-electron chi connectivity index (χ4n) is 4.25. The number of aliphatic hydroxyl groups is 4. The van der Waals surface area contributed by atoms with Gasteiger partial charge in [-0.1, -0.05) is 6.92 Å². The molecule has 19 heteroatoms. The highest BCUT2D eigenvalue weighted by atomic mass is 31.3. The number of aromatic nitrogens is 4. The molecular weight excluding hydrogens is 523 g/mol. The van der Waals surface area contributed by atoms with E-state index < -0.39 is 71.2 Å². The Morgan fingerprint density at radius 3 is 2.50 bits per heavy atom. The fourth-order valence-corrected chi connectivity index (χ4v) is 6.51. The van der Waals surface area contributed by atoms with Gasteiger partial charge in [-0.05, 0) is 12.3 Å². The van der Waals surface area contributed by atoms with E-state index in [1.807, 2.05) is 0 Å². The topological polar surface area (TPSA) is 242 Å². The number of nitrogens with two attached hydrogens (primary N) is 1. The van der Waals surface area contributed by atoms with Gasteiger partial charge in [0.2, 0.25) is 7.57 Å². The van der Waals surface area contributed by atoms with Crippen molar-refractivity contribution < 1.29 is 52.5 Å². The largest absolute Gasteiger partial charge is 0.478 e. The molecule has 1 aliphatic carbocycles. The molecule has 36 heavy (non-hydrogen) atoms. The molecule has 2 radical (unpaired) electrons. The van der Waals surface area contributed by atoms with Gasteiger partial charge in [-0.25, -0.2) is 23.8 Å². The Labute approximate surface area is 205 Å². The second-order valence-corrected chi connectivity index (χ2v) is 12.0. The molecule has 3 heterocycles. The van der Waals surface area contributed by atoms with E-state index in [0.717, 1.165) is 0 Å². The number of anilines is 1. The van der Waals surface area contributed by atoms with Crippen molar-refractivity contribution in [3.05, 3.63) is 12.7 Å². The van der Waals surface area contributed by atoms with E-state index in [-0.39, 0.29) is 22.9 Å². The van der Waals surface area contributed by atoms with Crippen molar-refractivity contribution >= 4 is 39.8 Å². The molecule has 10 unspecified atom stereocenters. The van der Waals surface area contributed by atoms with Crippen LogP contribution in [0.25, 0.3) is 11.2 Å². The highest BCUT2D eigenvalue weighted by Crippen LogP contribution is 2.60. The van der Waals surface area contributed by atoms with E-state index >= 15 is 0 Å². The summed E-state index contributed by atoms with van der Waals surface area (Å²) in [5, 5.41) is 40.6. The monoisotopic (exact) mass is 549 g/mol. The maximum absolute atomic E-state index is 12.4. The van der Waals surface area contributed by atoms with Crippen LogP contribution in [0.2, 0.25) is 0 Å². The molecule has 4 rings (SSSR count). The number of phosphoric acid groups is 1. The molecule has 2 aromatic heterocycles. The lowest BCUT2D eigenvalue weighted by molar-refractivity contribution is -0.0480. The molecule has 0 aromatic carbocycles. The number of phosphoric ester groups is 1. The molecule has 10 atom stereocenters. The van der Waals surface area contributed by atoms with E-state index in [1.54, 1.807) is 6.92 Å². The summed E-state index contributed by atoms with van der Waals surface area (Å²) < 4.78 is 45.7. The first-order valence-electron chi connectivity index (χ1n) is 10.8. The molecule has 7 N–H and O–H groups in total. The summed E-state index contributed by atoms with van der Waals surface area (Å²) >= 11 is 0. The van der Waals surface area contributed by atoms with Crippen LogP contribution in [0.15, 0.2) is 12.7 Å². The standard InChI is InChI=1S/C17H26BN5O11P2/c1-7-2-8(12(25)11(7)24)3-32-36(29,30)34-35(18,28)31-4-9-13(26)14(27)17(33-9)23-6-22-10-15(19)20-5-21-16(10)23/h5-9,11-14,17,24-27H,2-4H2,1H3,(H,29,30)(H2,19,20,21). The third-order valence-corrected chi connectivity index (χ3v) is 8.90. The molecule has 1 aliphatic heterocycles. The van der Waals surface area contributed by atoms with E-state index in [0.29, 0.717) is 6.42 Å². The summed E-state index contributed by atoms with van der Waals surface area (Å²) in [7, 11) is -4.32. The van der Waals surface area contributed by atoms with Crippen molar-refractivity contribution in [3.8, 4) is 0 Å². The number of aliphatic hydroxyl groups excluding tert-OH is 4. The van der Waals surface area contributed by atoms with Crippen molar-refractivity contribution in [1.29, 1.82) is 0 Å². The summed E-state index contributed by atoms with van der Waals surface area (Å²) in [6.45, 7) is 0.531. The molecule has 1 saturated carbocycles. The van der Waals surface area contributed by atoms with E-state index in [2.05, 4.69) is 19.3 Å². The van der Waals surface area contributed by atoms with Crippen LogP contribution in [-0.4, -0.2) is 96.1 Å². The first-order valence-corrected chi connectivity index (χ1v) is 13.9. The van der Waals surface area contributed by atoms with Crippen LogP contribution in [0, 0.1) is 11.8 Å². The number of ether oxygens (including phenoxy) is 1. The van der Waals surface area contributed by atoms with Crippen LogP contribution in [-0.2, 0) is 27.2 Å². The smallest absolute Gasteiger partial charge is 0.390 e. The van der Waals surface area contributed by atoms with Gasteiger partial charge < -0.3 is 40.3 Å². The number of rotatable bonds is 9. The van der Waals surface area contributed by atoms with Gasteiger partial charge in [-0.3, -0.25) is 13.7 Å². The Balaban J connectivity index is 1.34. The van der Waals surface area contributed by atoms with E-state index in [1.165, 1.54) is 17.2 Å². The number of hydrogen-bond donors (Lipinski definition) is 6. The summed E-state index contributed by atoms with van der Waals surface area (Å²) in [6.07, 6.45) is -4.90. The molecule has 2 fully saturated rings. The van der Waals surface area contributed by atoms with Gasteiger partial charge in [0.15, 0.2) is 17.7 Å². The average Bonchev–Trinajstić information content (AvgIpc) is 3.42. The summed E-state index contributed by atoms with van der Waals surface area (Å²) in [5.74, 6) is -0.812. The van der Waals surface area contributed by atoms with E-state index in [4.69, 9.17) is 27.1 Å². The number of nitrogens with zero attached hydrogens (tertiary/aromatic N) is 4. The number of imidazole rings is 1. The highest BCUT2D eigenvalue weighted by Gasteiger charge is 2.46. The maximum Gasteiger partial charge on any atom is 0.478 e. The number of nitrogen functional groups attached to an aromatic ring is 1. The zero-order valence-corrected chi connectivity index (χ0v) is 20.7. The Bertz CT molecular complexity index is 1190. The quantitative estimate of drug-likeness (QED) is 0.160. The van der Waals surface area contributed by atoms with Crippen molar-refractivity contribution in [1.82, 2.24) is 19.5 Å². The maximum atomic E-state index is 12.4. The predicted octanol–water partition coefficient (Wildman–Crippen LogP) is -1.17. The van der Waals surface area contributed by atoms with Gasteiger partial charge in [0.1, 0.15) is 30.2 Å². The lowest BCUT2D eigenvalue weighted by atomic mass is 10.1. The Morgan fingerprint density at radius 1 is 1.11 bits per heavy atom. The molecule has 16 nitrogen and oxygen atoms in total. The molecule has 2 aliphatic rings. The zero-order chi connectivity index (χ0) is 26.4. The van der Waals surface area contributed by atoms with Crippen LogP contribution in [0.3, 0.4) is 0 Å². The van der Waals surface area contributed by atoms with Crippen LogP contribution in [0.4, 0.5) is 5.82 Å². The molecule has 0 spiro atoms. The highest BCUT2D eigenvalue weighted by molar-refractivity contribution is 7.83. The van der Waals surface area contributed by atoms with E-state index in [9.17, 15) is 34.4 Å². The molecular formula is C17H26BN5O11P2. The summed E-state index contributed by atoms with van der Waals surface area (Å²) in [5.41, 5.74) is 6.21. The second-order valence-electron chi connectivity index (χ2n) is 8.77. The van der Waals surface area contributed by atoms with Crippen molar-refractivity contribution in [2.45, 2.75) is 50.1 Å². The lowest BCUT2D eigenvalue weighted by Crippen LogP contribution is -2.33. The third-order valence-electron chi connectivity index (χ3n) is 6.18. The van der Waals surface area contributed by atoms with Crippen LogP contribution in [0.5, 0.6) is 0 Å². The zero-order valence-electron chi connectivity index (χ0n) is 18.9. The third kappa shape index (κ3) is 5.66. The van der Waals surface area contributed by atoms with Gasteiger partial charge >= 0.3 is 7.82 Å². The van der Waals surface area contributed by atoms with Crippen molar-refractivity contribution in [3.63, 3.8) is 0 Å². The van der Waals surface area contributed by atoms with Gasteiger partial charge in [0.05, 0.1) is 31.7 Å². The Kier molecular flexibility index (Phi) is 7.92. The minimum atomic E-state index is -5.00. The SMILES string of the molecule is [B]P(=O)(OCC1OC(n2cnc3c(N)ncnc32)C(O)C1O)OP(=O)(O)OCC1CC(C)C(O)C1O. The minimum Gasteiger partial charge on any atom is -0.390 e. The van der Waals surface area contributed by atoms with Crippen LogP contribution in [0.1, 0.15) is 19.6 Å². The summed E-state index contributed by atoms with van der Waals surface area (Å²) in [6, 6.07) is 0. The number of fused-ring (bicyclic) bond motifs is 1. The molecule has 198 valence electrons.